The van der Waals surface area contributed by atoms with Crippen LogP contribution in [-0.4, -0.2) is 36.7 Å². The Hall–Kier alpha value is -1.67. The smallest absolute Gasteiger partial charge is 0.246 e. The molecule has 1 aromatic heterocycles. The molecule has 1 fully saturated rings. The maximum absolute atomic E-state index is 12.9. The minimum atomic E-state index is -3.80. The molecule has 6 nitrogen and oxygen atoms in total. The summed E-state index contributed by atoms with van der Waals surface area (Å²) >= 11 is 12.1. The molecule has 1 aliphatic heterocycles. The zero-order valence-electron chi connectivity index (χ0n) is 14.4. The summed E-state index contributed by atoms with van der Waals surface area (Å²) in [5.74, 6) is -0.304. The van der Waals surface area contributed by atoms with E-state index >= 15 is 0 Å². The number of carbonyl (C=O) groups is 1. The molecule has 144 valence electrons. The van der Waals surface area contributed by atoms with Crippen LogP contribution >= 0.6 is 23.2 Å². The molecule has 3 rings (SSSR count). The summed E-state index contributed by atoms with van der Waals surface area (Å²) in [5, 5.41) is 3.08. The van der Waals surface area contributed by atoms with E-state index in [1.165, 1.54) is 16.4 Å². The van der Waals surface area contributed by atoms with Gasteiger partial charge in [-0.3, -0.25) is 9.78 Å². The number of nitrogens with zero attached hydrogens (tertiary/aromatic N) is 2. The van der Waals surface area contributed by atoms with E-state index in [1.807, 2.05) is 12.1 Å². The molecule has 0 bridgehead atoms. The van der Waals surface area contributed by atoms with Crippen LogP contribution in [0.1, 0.15) is 18.4 Å². The number of rotatable bonds is 5. The summed E-state index contributed by atoms with van der Waals surface area (Å²) in [4.78, 5) is 16.3. The number of sulfonamides is 1. The van der Waals surface area contributed by atoms with Crippen LogP contribution in [0.5, 0.6) is 0 Å². The van der Waals surface area contributed by atoms with E-state index in [0.29, 0.717) is 19.4 Å². The Morgan fingerprint density at radius 1 is 1.15 bits per heavy atom. The number of hydrogen-bond donors (Lipinski definition) is 1. The second kappa shape index (κ2) is 8.56. The molecular weight excluding hydrogens is 409 g/mol. The van der Waals surface area contributed by atoms with Crippen molar-refractivity contribution >= 4 is 39.1 Å². The molecule has 1 N–H and O–H groups in total. The number of nitrogens with one attached hydrogen (secondary N) is 1. The predicted octanol–water partition coefficient (Wildman–Crippen LogP) is 3.11. The third kappa shape index (κ3) is 4.60. The van der Waals surface area contributed by atoms with Crippen molar-refractivity contribution < 1.29 is 13.2 Å². The van der Waals surface area contributed by atoms with Gasteiger partial charge in [-0.25, -0.2) is 8.42 Å². The van der Waals surface area contributed by atoms with Crippen LogP contribution in [0.15, 0.2) is 47.6 Å². The SMILES string of the molecule is O=C(NCc1cccnc1)C1CCN(S(=O)(=O)c2c(Cl)cccc2Cl)CC1. The monoisotopic (exact) mass is 427 g/mol. The summed E-state index contributed by atoms with van der Waals surface area (Å²) < 4.78 is 27.1. The van der Waals surface area contributed by atoms with Gasteiger partial charge in [0.25, 0.3) is 0 Å². The van der Waals surface area contributed by atoms with E-state index < -0.39 is 10.0 Å². The quantitative estimate of drug-likeness (QED) is 0.794. The van der Waals surface area contributed by atoms with Gasteiger partial charge in [-0.1, -0.05) is 35.3 Å². The molecule has 9 heteroatoms. The fourth-order valence-electron chi connectivity index (χ4n) is 3.05. The van der Waals surface area contributed by atoms with Gasteiger partial charge in [-0.15, -0.1) is 0 Å². The van der Waals surface area contributed by atoms with E-state index in [-0.39, 0.29) is 39.9 Å². The summed E-state index contributed by atoms with van der Waals surface area (Å²) in [6, 6.07) is 8.29. The molecule has 0 spiro atoms. The van der Waals surface area contributed by atoms with Gasteiger partial charge in [0.1, 0.15) is 4.90 Å². The van der Waals surface area contributed by atoms with E-state index in [4.69, 9.17) is 23.2 Å². The molecule has 0 unspecified atom stereocenters. The number of carbonyl (C=O) groups excluding carboxylic acids is 1. The largest absolute Gasteiger partial charge is 0.352 e. The van der Waals surface area contributed by atoms with Crippen LogP contribution < -0.4 is 5.32 Å². The lowest BCUT2D eigenvalue weighted by atomic mass is 9.97. The van der Waals surface area contributed by atoms with Gasteiger partial charge in [0.15, 0.2) is 0 Å². The number of hydrogen-bond acceptors (Lipinski definition) is 4. The highest BCUT2D eigenvalue weighted by Gasteiger charge is 2.34. The third-order valence-corrected chi connectivity index (χ3v) is 7.39. The first-order chi connectivity index (χ1) is 12.9. The number of halogens is 2. The zero-order valence-corrected chi connectivity index (χ0v) is 16.8. The van der Waals surface area contributed by atoms with E-state index in [9.17, 15) is 13.2 Å². The van der Waals surface area contributed by atoms with Gasteiger partial charge in [-0.05, 0) is 36.6 Å². The summed E-state index contributed by atoms with van der Waals surface area (Å²) in [5.41, 5.74) is 0.916. The molecule has 2 aromatic rings. The van der Waals surface area contributed by atoms with Crippen molar-refractivity contribution in [3.05, 3.63) is 58.3 Å². The van der Waals surface area contributed by atoms with Gasteiger partial charge < -0.3 is 5.32 Å². The lowest BCUT2D eigenvalue weighted by Crippen LogP contribution is -2.43. The molecular formula is C18H19Cl2N3O3S. The van der Waals surface area contributed by atoms with Crippen LogP contribution in [0.2, 0.25) is 10.0 Å². The molecule has 1 saturated heterocycles. The highest BCUT2D eigenvalue weighted by molar-refractivity contribution is 7.89. The molecule has 0 aliphatic carbocycles. The van der Waals surface area contributed by atoms with Crippen molar-refractivity contribution in [1.82, 2.24) is 14.6 Å². The van der Waals surface area contributed by atoms with Crippen molar-refractivity contribution in [1.29, 1.82) is 0 Å². The standard InChI is InChI=1S/C18H19Cl2N3O3S/c19-15-4-1-5-16(20)17(15)27(25,26)23-9-6-14(7-10-23)18(24)22-12-13-3-2-8-21-11-13/h1-5,8,11,14H,6-7,9-10,12H2,(H,22,24). The van der Waals surface area contributed by atoms with Crippen molar-refractivity contribution in [2.45, 2.75) is 24.3 Å². The number of pyridine rings is 1. The van der Waals surface area contributed by atoms with Crippen LogP contribution in [-0.2, 0) is 21.4 Å². The van der Waals surface area contributed by atoms with Crippen molar-refractivity contribution in [2.24, 2.45) is 5.92 Å². The fourth-order valence-corrected chi connectivity index (χ4v) is 5.61. The normalized spacial score (nSPS) is 16.2. The second-order valence-electron chi connectivity index (χ2n) is 6.31. The number of amides is 1. The van der Waals surface area contributed by atoms with Crippen molar-refractivity contribution in [3.63, 3.8) is 0 Å². The zero-order chi connectivity index (χ0) is 19.4. The Labute approximate surface area is 168 Å². The Morgan fingerprint density at radius 2 is 1.81 bits per heavy atom. The highest BCUT2D eigenvalue weighted by Crippen LogP contribution is 2.33. The van der Waals surface area contributed by atoms with Crippen molar-refractivity contribution in [2.75, 3.05) is 13.1 Å². The number of benzene rings is 1. The van der Waals surface area contributed by atoms with E-state index in [1.54, 1.807) is 18.5 Å². The first-order valence-corrected chi connectivity index (χ1v) is 10.7. The maximum atomic E-state index is 12.9. The predicted molar refractivity (Wildman–Crippen MR) is 104 cm³/mol. The topological polar surface area (TPSA) is 79.4 Å². The first-order valence-electron chi connectivity index (χ1n) is 8.50. The molecule has 1 aromatic carbocycles. The number of aromatic nitrogens is 1. The van der Waals surface area contributed by atoms with Crippen molar-refractivity contribution in [3.8, 4) is 0 Å². The molecule has 2 heterocycles. The average molecular weight is 428 g/mol. The molecule has 27 heavy (non-hydrogen) atoms. The van der Waals surface area contributed by atoms with Crippen LogP contribution in [0, 0.1) is 5.92 Å². The Morgan fingerprint density at radius 3 is 2.41 bits per heavy atom. The average Bonchev–Trinajstić information content (AvgIpc) is 2.67. The molecule has 0 radical (unpaired) electrons. The van der Waals surface area contributed by atoms with Gasteiger partial charge in [-0.2, -0.15) is 4.31 Å². The van der Waals surface area contributed by atoms with Gasteiger partial charge in [0, 0.05) is 37.9 Å². The van der Waals surface area contributed by atoms with E-state index in [2.05, 4.69) is 10.3 Å². The van der Waals surface area contributed by atoms with Crippen LogP contribution in [0.4, 0.5) is 0 Å². The summed E-state index contributed by atoms with van der Waals surface area (Å²) in [6.45, 7) is 0.893. The number of piperidine rings is 1. The Kier molecular flexibility index (Phi) is 6.37. The molecule has 1 amide bonds. The molecule has 0 saturated carbocycles. The minimum absolute atomic E-state index is 0.0761. The highest BCUT2D eigenvalue weighted by atomic mass is 35.5. The van der Waals surface area contributed by atoms with Gasteiger partial charge >= 0.3 is 0 Å². The van der Waals surface area contributed by atoms with Crippen LogP contribution in [0.3, 0.4) is 0 Å². The summed E-state index contributed by atoms with van der Waals surface area (Å²) in [6.07, 6.45) is 4.26. The van der Waals surface area contributed by atoms with Crippen LogP contribution in [0.25, 0.3) is 0 Å². The molecule has 0 atom stereocenters. The molecule has 1 aliphatic rings. The fraction of sp³-hybridized carbons (Fsp3) is 0.333. The summed E-state index contributed by atoms with van der Waals surface area (Å²) in [7, 11) is -3.80. The maximum Gasteiger partial charge on any atom is 0.246 e. The Bertz CT molecular complexity index is 894. The van der Waals surface area contributed by atoms with Gasteiger partial charge in [0.2, 0.25) is 15.9 Å². The lowest BCUT2D eigenvalue weighted by Gasteiger charge is -2.31. The third-order valence-electron chi connectivity index (χ3n) is 4.53. The Balaban J connectivity index is 1.60. The van der Waals surface area contributed by atoms with E-state index in [0.717, 1.165) is 5.56 Å². The lowest BCUT2D eigenvalue weighted by molar-refractivity contribution is -0.126. The minimum Gasteiger partial charge on any atom is -0.352 e. The second-order valence-corrected chi connectivity index (χ2v) is 9.00. The first kappa shape index (κ1) is 20.1. The van der Waals surface area contributed by atoms with Gasteiger partial charge in [0.05, 0.1) is 10.0 Å².